The molecule has 6 aliphatic rings. The number of aromatic nitrogens is 14. The standard InChI is InChI=1S/C31H40FN9O15P2S2.C26H32FN9O12P2S2/c1-14(2)51-30(43)47-12-59-57(45)49-7-17-22(42)24(29(53-17)41-11-39-21-25(34)36-9-37-27(21)41)56-58(46,60-13-48-31(44)52-15(3)4)50-8-18-23(55-57)19(32)28(54-18)40-10-38-20-16(33)5-6-35-26(20)40;1-11(2)44-26(38)41-10-52-50(40)43-6-14-19(15(27)24(46-14)35-8-33-16-12(28)3-4-30-22(16)35)47-49(39,51)42-5-13-18(37)20(48-50)25(45-13)36-9-34-17-21(29)31-7-32-23(17)36/h5-6,9-11,14-15,17-19,22-24,28-29,42H,7-8,12-13H2,1-4H3,(H2,33,35)(H2,34,36,37);3-4,7-9,11,13-15,18-20,24-25,37H,5-6,10H2,1-2H3,(H2,28,30)(H,39,51)(H2,29,31,32)/t17-,18-,19?,22+,23+,24?,28-,29-,57?,58?;13-,14-,15?,18+,19+,20?,24-,25-,49?,50?/m11/s1. The molecule has 14 rings (SSSR count). The van der Waals surface area contributed by atoms with Gasteiger partial charge in [0.2, 0.25) is 0 Å². The maximum Gasteiger partial charge on any atom is 0.509 e. The predicted molar refractivity (Wildman–Crippen MR) is 389 cm³/mol. The molecule has 112 heavy (non-hydrogen) atoms. The van der Waals surface area contributed by atoms with E-state index in [0.29, 0.717) is 34.1 Å². The molecule has 14 heterocycles. The van der Waals surface area contributed by atoms with Gasteiger partial charge in [-0.1, -0.05) is 0 Å². The van der Waals surface area contributed by atoms with Crippen LogP contribution in [-0.4, -0.2) is 238 Å². The zero-order valence-electron chi connectivity index (χ0n) is 59.1. The Bertz CT molecular complexity index is 4950. The summed E-state index contributed by atoms with van der Waals surface area (Å²) in [6.07, 6.45) is -20.3. The molecule has 610 valence electrons. The maximum absolute atomic E-state index is 16.9. The van der Waals surface area contributed by atoms with Gasteiger partial charge in [0.05, 0.1) is 81.4 Å². The fourth-order valence-electron chi connectivity index (χ4n) is 11.8. The molecule has 8 unspecified atom stereocenters. The molecule has 8 aromatic heterocycles. The van der Waals surface area contributed by atoms with Gasteiger partial charge in [0, 0.05) is 46.5 Å². The molecule has 4 bridgehead atoms. The van der Waals surface area contributed by atoms with Crippen molar-refractivity contribution in [3.63, 3.8) is 0 Å². The number of halogens is 2. The monoisotopic (exact) mass is 1730 g/mol. The molecule has 11 N–H and O–H groups in total. The molecule has 6 saturated heterocycles. The van der Waals surface area contributed by atoms with Crippen LogP contribution in [0.2, 0.25) is 0 Å². The van der Waals surface area contributed by atoms with Crippen molar-refractivity contribution in [1.29, 1.82) is 0 Å². The van der Waals surface area contributed by atoms with E-state index < -0.39 is 206 Å². The van der Waals surface area contributed by atoms with Gasteiger partial charge < -0.3 is 89.9 Å². The van der Waals surface area contributed by atoms with Crippen molar-refractivity contribution in [2.45, 2.75) is 158 Å². The molecule has 45 nitrogen and oxygen atoms in total. The molecule has 0 amide bonds. The summed E-state index contributed by atoms with van der Waals surface area (Å²) in [6.45, 7) is -11.5. The summed E-state index contributed by atoms with van der Waals surface area (Å²) >= 11 is 6.40. The highest BCUT2D eigenvalue weighted by molar-refractivity contribution is 8.55. The first-order valence-corrected chi connectivity index (χ1v) is 45.4. The van der Waals surface area contributed by atoms with Crippen LogP contribution in [0.1, 0.15) is 66.5 Å². The average molecular weight is 1730 g/mol. The quantitative estimate of drug-likeness (QED) is 0.0226. The second-order valence-electron chi connectivity index (χ2n) is 25.4. The number of rotatable bonds is 16. The van der Waals surface area contributed by atoms with E-state index in [2.05, 4.69) is 49.8 Å². The van der Waals surface area contributed by atoms with E-state index in [4.69, 9.17) is 118 Å². The molecule has 0 radical (unpaired) electrons. The summed E-state index contributed by atoms with van der Waals surface area (Å²) in [6, 6.07) is 3.02. The number of hydrogen-bond donors (Lipinski definition) is 7. The Balaban J connectivity index is 0.000000198. The van der Waals surface area contributed by atoms with E-state index in [9.17, 15) is 43.2 Å². The Morgan fingerprint density at radius 3 is 1.19 bits per heavy atom. The van der Waals surface area contributed by atoms with Crippen LogP contribution in [0.5, 0.6) is 0 Å². The number of fused-ring (bicyclic) bond motifs is 10. The second kappa shape index (κ2) is 34.4. The summed E-state index contributed by atoms with van der Waals surface area (Å²) in [5.41, 5.74) is 26.0. The number of pyridine rings is 2. The summed E-state index contributed by atoms with van der Waals surface area (Å²) < 4.78 is 184. The third-order valence-electron chi connectivity index (χ3n) is 16.8. The van der Waals surface area contributed by atoms with Crippen molar-refractivity contribution >= 4 is 159 Å². The number of nitrogen functional groups attached to an aromatic ring is 4. The van der Waals surface area contributed by atoms with Gasteiger partial charge in [-0.25, -0.2) is 86.7 Å². The van der Waals surface area contributed by atoms with Gasteiger partial charge >= 0.3 is 45.6 Å². The molecule has 8 aromatic rings. The van der Waals surface area contributed by atoms with Crippen LogP contribution in [0.3, 0.4) is 0 Å². The Hall–Kier alpha value is -7.00. The van der Waals surface area contributed by atoms with E-state index in [-0.39, 0.29) is 67.7 Å². The van der Waals surface area contributed by atoms with Crippen molar-refractivity contribution < 1.29 is 136 Å². The van der Waals surface area contributed by atoms with Crippen molar-refractivity contribution in [3.05, 3.63) is 62.5 Å². The van der Waals surface area contributed by atoms with Crippen LogP contribution < -0.4 is 22.9 Å². The molecule has 0 saturated carbocycles. The number of carbonyl (C=O) groups is 3. The number of ether oxygens (including phenoxy) is 10. The lowest BCUT2D eigenvalue weighted by molar-refractivity contribution is -0.0585. The highest BCUT2D eigenvalue weighted by atomic mass is 32.7. The lowest BCUT2D eigenvalue weighted by Crippen LogP contribution is -2.35. The van der Waals surface area contributed by atoms with Crippen LogP contribution in [0.15, 0.2) is 62.5 Å². The number of nitrogens with zero attached hydrogens (tertiary/aromatic N) is 14. The molecule has 55 heteroatoms. The first-order chi connectivity index (χ1) is 53.3. The van der Waals surface area contributed by atoms with Gasteiger partial charge in [-0.2, -0.15) is 0 Å². The third kappa shape index (κ3) is 18.3. The van der Waals surface area contributed by atoms with Crippen LogP contribution in [0.25, 0.3) is 44.7 Å². The highest BCUT2D eigenvalue weighted by Gasteiger charge is 2.58. The number of hydrogen-bond acceptors (Lipinski definition) is 44. The summed E-state index contributed by atoms with van der Waals surface area (Å²) in [7, 11) is 0. The van der Waals surface area contributed by atoms with Crippen molar-refractivity contribution in [2.75, 3.05) is 67.2 Å². The van der Waals surface area contributed by atoms with Crippen molar-refractivity contribution in [3.8, 4) is 0 Å². The van der Waals surface area contributed by atoms with Gasteiger partial charge in [-0.15, -0.1) is 0 Å². The molecule has 6 fully saturated rings. The predicted octanol–water partition coefficient (Wildman–Crippen LogP) is 6.79. The molecular formula is C57H72F2N18O27P4S4. The number of aliphatic hydroxyl groups is 2. The molecule has 20 atom stereocenters. The minimum absolute atomic E-state index is 0.0138. The van der Waals surface area contributed by atoms with Crippen LogP contribution in [-0.2, 0) is 109 Å². The van der Waals surface area contributed by atoms with E-state index >= 15 is 8.78 Å². The Kier molecular flexibility index (Phi) is 25.5. The minimum atomic E-state index is -4.68. The molecule has 0 spiro atoms. The molecule has 0 aromatic carbocycles. The SMILES string of the molecule is CC(C)OC(=O)OCSP1(=O)OC[C@H]2O[C@@H](n3cnc4c(N)ccnc43)C(F)[C@H]2OP(=O)(SCOC(=O)OC(C)C)OC[C@H]2O[C@@H](n3cnc4c(N)ncnc43)C(O1)[C@H]2O.CC(C)OC(=O)OCSP1(=O)OC[C@H]2O[C@@H](n3cnc4c(N)ccnc43)C(F)[C@H]2OP(O)(=S)OC[C@H]2O[C@@H](n3cnc4c(N)ncnc43)C(O1)[C@H]2O. The van der Waals surface area contributed by atoms with E-state index in [0.717, 1.165) is 6.33 Å². The smallest absolute Gasteiger partial charge is 0.432 e. The molecule has 6 aliphatic heterocycles. The van der Waals surface area contributed by atoms with Crippen LogP contribution >= 0.6 is 61.3 Å². The summed E-state index contributed by atoms with van der Waals surface area (Å²) in [4.78, 5) is 89.4. The van der Waals surface area contributed by atoms with E-state index in [1.54, 1.807) is 41.5 Å². The lowest BCUT2D eigenvalue weighted by Gasteiger charge is -2.28. The van der Waals surface area contributed by atoms with Gasteiger partial charge in [0.25, 0.3) is 0 Å². The summed E-state index contributed by atoms with van der Waals surface area (Å²) in [5, 5.41) is 23.2. The number of alkyl halides is 2. The molecular weight excluding hydrogens is 1660 g/mol. The van der Waals surface area contributed by atoms with E-state index in [1.165, 1.54) is 74.4 Å². The van der Waals surface area contributed by atoms with Gasteiger partial charge in [-0.05, 0) is 65.5 Å². The fourth-order valence-corrected chi connectivity index (χ4v) is 21.6. The third-order valence-corrected chi connectivity index (χ3v) is 28.4. The number of carbonyl (C=O) groups excluding carboxylic acids is 3. The number of nitrogens with two attached hydrogens (primary N) is 4. The van der Waals surface area contributed by atoms with Crippen molar-refractivity contribution in [1.82, 2.24) is 68.1 Å². The van der Waals surface area contributed by atoms with Gasteiger partial charge in [0.15, 0.2) is 89.3 Å². The van der Waals surface area contributed by atoms with E-state index in [1.807, 2.05) is 0 Å². The molecule has 0 aliphatic carbocycles. The highest BCUT2D eigenvalue weighted by Crippen LogP contribution is 2.67. The maximum atomic E-state index is 16.9. The Morgan fingerprint density at radius 1 is 0.482 bits per heavy atom. The fraction of sp³-hybridized carbons (Fsp3) is 0.561. The van der Waals surface area contributed by atoms with Crippen LogP contribution in [0.4, 0.5) is 46.2 Å². The second-order valence-corrected chi connectivity index (χ2v) is 40.2. The van der Waals surface area contributed by atoms with Crippen molar-refractivity contribution in [2.24, 2.45) is 0 Å². The van der Waals surface area contributed by atoms with Gasteiger partial charge in [0.1, 0.15) is 95.8 Å². The largest absolute Gasteiger partial charge is 0.509 e. The van der Waals surface area contributed by atoms with Gasteiger partial charge in [-0.3, -0.25) is 49.9 Å². The number of anilines is 4. The Labute approximate surface area is 647 Å². The lowest BCUT2D eigenvalue weighted by atomic mass is 10.1. The summed E-state index contributed by atoms with van der Waals surface area (Å²) in [5.74, 6) is -1.86. The average Bonchev–Trinajstić information content (AvgIpc) is 1.62. The van der Waals surface area contributed by atoms with Crippen LogP contribution in [0, 0.1) is 0 Å². The Morgan fingerprint density at radius 2 is 0.804 bits per heavy atom. The minimum Gasteiger partial charge on any atom is -0.432 e. The number of imidazole rings is 4. The normalized spacial score (nSPS) is 32.5. The zero-order chi connectivity index (χ0) is 79.9. The number of aliphatic hydroxyl groups excluding tert-OH is 2. The first-order valence-electron chi connectivity index (χ1n) is 33.4. The zero-order valence-corrected chi connectivity index (χ0v) is 65.9. The topological polar surface area (TPSA) is 582 Å². The first kappa shape index (κ1) is 83.0.